The van der Waals surface area contributed by atoms with E-state index in [1.54, 1.807) is 26.2 Å². The van der Waals surface area contributed by atoms with Crippen molar-refractivity contribution in [1.29, 1.82) is 0 Å². The Morgan fingerprint density at radius 3 is 2.50 bits per heavy atom. The third kappa shape index (κ3) is 4.59. The Labute approximate surface area is 152 Å². The molecule has 0 amide bonds. The van der Waals surface area contributed by atoms with Gasteiger partial charge in [-0.25, -0.2) is 0 Å². The molecule has 0 aliphatic carbocycles. The van der Waals surface area contributed by atoms with Crippen molar-refractivity contribution in [1.82, 2.24) is 15.0 Å². The molecule has 0 unspecified atom stereocenters. The van der Waals surface area contributed by atoms with Gasteiger partial charge in [-0.3, -0.25) is 9.69 Å². The molecule has 0 fully saturated rings. The molecule has 2 rings (SSSR count). The molecule has 1 N–H and O–H groups in total. The van der Waals surface area contributed by atoms with E-state index >= 15 is 0 Å². The molecular formula is C18H25N3O5. The average molecular weight is 363 g/mol. The summed E-state index contributed by atoms with van der Waals surface area (Å²) >= 11 is 0. The van der Waals surface area contributed by atoms with Gasteiger partial charge in [0.25, 0.3) is 0 Å². The van der Waals surface area contributed by atoms with Gasteiger partial charge in [0, 0.05) is 13.5 Å². The minimum Gasteiger partial charge on any atom is -0.496 e. The van der Waals surface area contributed by atoms with Gasteiger partial charge in [0.2, 0.25) is 5.89 Å². The lowest BCUT2D eigenvalue weighted by atomic mass is 9.99. The van der Waals surface area contributed by atoms with Gasteiger partial charge in [0.15, 0.2) is 5.82 Å². The number of carboxylic acid groups (broad SMARTS) is 1. The Morgan fingerprint density at radius 1 is 1.31 bits per heavy atom. The normalized spacial score (nSPS) is 12.4. The first-order valence-electron chi connectivity index (χ1n) is 8.26. The lowest BCUT2D eigenvalue weighted by Gasteiger charge is -2.24. The van der Waals surface area contributed by atoms with Crippen molar-refractivity contribution in [2.75, 3.05) is 27.9 Å². The fraction of sp³-hybridized carbons (Fsp3) is 0.500. The molecule has 0 aliphatic heterocycles. The van der Waals surface area contributed by atoms with E-state index in [0.29, 0.717) is 30.3 Å². The van der Waals surface area contributed by atoms with Crippen LogP contribution in [0.5, 0.6) is 5.75 Å². The Balaban J connectivity index is 2.21. The molecule has 0 radical (unpaired) electrons. The first-order valence-corrected chi connectivity index (χ1v) is 8.26. The van der Waals surface area contributed by atoms with Crippen LogP contribution in [0.15, 0.2) is 16.7 Å². The van der Waals surface area contributed by atoms with Gasteiger partial charge in [0.1, 0.15) is 11.8 Å². The number of carbonyl (C=O) groups is 1. The predicted molar refractivity (Wildman–Crippen MR) is 94.2 cm³/mol. The van der Waals surface area contributed by atoms with E-state index in [-0.39, 0.29) is 6.54 Å². The van der Waals surface area contributed by atoms with Crippen LogP contribution in [-0.4, -0.2) is 54.0 Å². The highest BCUT2D eigenvalue weighted by atomic mass is 16.5. The lowest BCUT2D eigenvalue weighted by Crippen LogP contribution is -2.30. The number of rotatable bonds is 9. The zero-order valence-corrected chi connectivity index (χ0v) is 15.8. The Bertz CT molecular complexity index is 736. The first kappa shape index (κ1) is 19.9. The van der Waals surface area contributed by atoms with Gasteiger partial charge >= 0.3 is 5.97 Å². The number of carboxylic acids is 1. The number of likely N-dealkylation sites (N-methyl/N-ethyl adjacent to an activating group) is 1. The molecule has 0 spiro atoms. The molecule has 0 aliphatic rings. The van der Waals surface area contributed by atoms with Crippen molar-refractivity contribution >= 4 is 5.97 Å². The van der Waals surface area contributed by atoms with E-state index in [4.69, 9.17) is 14.0 Å². The van der Waals surface area contributed by atoms with Crippen LogP contribution in [0.25, 0.3) is 0 Å². The topological polar surface area (TPSA) is 97.9 Å². The van der Waals surface area contributed by atoms with Gasteiger partial charge in [-0.05, 0) is 37.6 Å². The summed E-state index contributed by atoms with van der Waals surface area (Å²) in [5.41, 5.74) is 2.46. The van der Waals surface area contributed by atoms with E-state index < -0.39 is 12.0 Å². The minimum atomic E-state index is -0.949. The zero-order valence-electron chi connectivity index (χ0n) is 15.8. The van der Waals surface area contributed by atoms with E-state index in [2.05, 4.69) is 10.1 Å². The highest BCUT2D eigenvalue weighted by Gasteiger charge is 2.27. The van der Waals surface area contributed by atoms with Crippen LogP contribution >= 0.6 is 0 Å². The fourth-order valence-electron chi connectivity index (χ4n) is 3.00. The maximum absolute atomic E-state index is 11.9. The highest BCUT2D eigenvalue weighted by molar-refractivity contribution is 5.76. The molecular weight excluding hydrogens is 338 g/mol. The number of aliphatic carboxylic acids is 1. The van der Waals surface area contributed by atoms with Crippen LogP contribution in [0.3, 0.4) is 0 Å². The zero-order chi connectivity index (χ0) is 19.3. The second-order valence-corrected chi connectivity index (χ2v) is 6.19. The van der Waals surface area contributed by atoms with Gasteiger partial charge in [-0.2, -0.15) is 4.98 Å². The van der Waals surface area contributed by atoms with E-state index in [1.165, 1.54) is 0 Å². The van der Waals surface area contributed by atoms with Crippen molar-refractivity contribution in [3.63, 3.8) is 0 Å². The molecule has 1 aromatic heterocycles. The number of aromatic nitrogens is 2. The summed E-state index contributed by atoms with van der Waals surface area (Å²) in [6.45, 7) is 4.51. The van der Waals surface area contributed by atoms with Crippen LogP contribution in [-0.2, 0) is 22.5 Å². The summed E-state index contributed by atoms with van der Waals surface area (Å²) in [5, 5.41) is 13.6. The minimum absolute atomic E-state index is 0.223. The molecule has 0 saturated heterocycles. The van der Waals surface area contributed by atoms with Gasteiger partial charge < -0.3 is 19.1 Å². The lowest BCUT2D eigenvalue weighted by molar-refractivity contribution is -0.143. The number of ether oxygens (including phenoxy) is 2. The number of hydrogen-bond acceptors (Lipinski definition) is 7. The second-order valence-electron chi connectivity index (χ2n) is 6.19. The summed E-state index contributed by atoms with van der Waals surface area (Å²) in [6.07, 6.45) is 0.545. The molecule has 0 bridgehead atoms. The molecule has 0 saturated carbocycles. The Hall–Kier alpha value is -2.45. The number of benzene rings is 1. The van der Waals surface area contributed by atoms with Crippen LogP contribution in [0, 0.1) is 13.8 Å². The summed E-state index contributed by atoms with van der Waals surface area (Å²) in [7, 11) is 4.92. The van der Waals surface area contributed by atoms with Gasteiger partial charge in [-0.15, -0.1) is 0 Å². The Morgan fingerprint density at radius 2 is 1.96 bits per heavy atom. The monoisotopic (exact) mass is 363 g/mol. The summed E-state index contributed by atoms with van der Waals surface area (Å²) in [4.78, 5) is 17.8. The van der Waals surface area contributed by atoms with Crippen LogP contribution in [0.1, 0.15) is 34.4 Å². The summed E-state index contributed by atoms with van der Waals surface area (Å²) < 4.78 is 15.6. The van der Waals surface area contributed by atoms with Crippen molar-refractivity contribution in [2.24, 2.45) is 0 Å². The fourth-order valence-corrected chi connectivity index (χ4v) is 3.00. The predicted octanol–water partition coefficient (Wildman–Crippen LogP) is 2.14. The van der Waals surface area contributed by atoms with E-state index in [9.17, 15) is 9.90 Å². The van der Waals surface area contributed by atoms with Gasteiger partial charge in [-0.1, -0.05) is 17.3 Å². The third-order valence-corrected chi connectivity index (χ3v) is 4.10. The molecule has 1 heterocycles. The summed E-state index contributed by atoms with van der Waals surface area (Å²) in [5.74, 6) is 0.723. The number of methoxy groups -OCH3 is 2. The van der Waals surface area contributed by atoms with Crippen LogP contribution in [0.2, 0.25) is 0 Å². The van der Waals surface area contributed by atoms with Crippen molar-refractivity contribution in [3.8, 4) is 5.75 Å². The summed E-state index contributed by atoms with van der Waals surface area (Å²) in [6, 6.07) is 2.82. The standard InChI is InChI=1S/C18H25N3O5/c1-11-8-13(9-12(2)17(11)25-5)16(18(22)23)21(3)10-15-19-14(20-26-15)6-7-24-4/h8-9,16H,6-7,10H2,1-5H3,(H,22,23)/t16-/m0/s1. The largest absolute Gasteiger partial charge is 0.496 e. The molecule has 142 valence electrons. The SMILES string of the molecule is COCCc1noc(CN(C)[C@H](C(=O)O)c2cc(C)c(OC)c(C)c2)n1. The quantitative estimate of drug-likeness (QED) is 0.724. The van der Waals surface area contributed by atoms with Crippen molar-refractivity contribution in [3.05, 3.63) is 40.5 Å². The van der Waals surface area contributed by atoms with Crippen molar-refractivity contribution < 1.29 is 23.9 Å². The third-order valence-electron chi connectivity index (χ3n) is 4.10. The maximum Gasteiger partial charge on any atom is 0.325 e. The van der Waals surface area contributed by atoms with E-state index in [1.807, 2.05) is 26.0 Å². The smallest absolute Gasteiger partial charge is 0.325 e. The number of nitrogens with zero attached hydrogens (tertiary/aromatic N) is 3. The number of hydrogen-bond donors (Lipinski definition) is 1. The van der Waals surface area contributed by atoms with Gasteiger partial charge in [0.05, 0.1) is 20.3 Å². The molecule has 8 heteroatoms. The molecule has 1 atom stereocenters. The molecule has 26 heavy (non-hydrogen) atoms. The first-order chi connectivity index (χ1) is 12.4. The van der Waals surface area contributed by atoms with Crippen LogP contribution < -0.4 is 4.74 Å². The second kappa shape index (κ2) is 8.77. The molecule has 8 nitrogen and oxygen atoms in total. The average Bonchev–Trinajstić information content (AvgIpc) is 2.99. The Kier molecular flexibility index (Phi) is 6.70. The van der Waals surface area contributed by atoms with Crippen molar-refractivity contribution in [2.45, 2.75) is 32.9 Å². The highest BCUT2D eigenvalue weighted by Crippen LogP contribution is 2.30. The molecule has 2 aromatic rings. The number of aryl methyl sites for hydroxylation is 2. The molecule has 1 aromatic carbocycles. The maximum atomic E-state index is 11.9. The van der Waals surface area contributed by atoms with E-state index in [0.717, 1.165) is 16.9 Å². The van der Waals surface area contributed by atoms with Crippen LogP contribution in [0.4, 0.5) is 0 Å².